The lowest BCUT2D eigenvalue weighted by molar-refractivity contribution is 0.168. The van der Waals surface area contributed by atoms with Gasteiger partial charge in [-0.05, 0) is 38.0 Å². The Morgan fingerprint density at radius 2 is 1.88 bits per heavy atom. The van der Waals surface area contributed by atoms with E-state index in [1.807, 2.05) is 23.6 Å². The normalized spacial score (nSPS) is 26.4. The highest BCUT2D eigenvalue weighted by Crippen LogP contribution is 2.27. The molecule has 3 aliphatic rings. The monoisotopic (exact) mass is 345 g/mol. The summed E-state index contributed by atoms with van der Waals surface area (Å²) in [4.78, 5) is 21.3. The second kappa shape index (κ2) is 7.77. The van der Waals surface area contributed by atoms with Crippen LogP contribution in [0.25, 0.3) is 0 Å². The van der Waals surface area contributed by atoms with E-state index in [0.29, 0.717) is 12.1 Å². The molecule has 0 bridgehead atoms. The molecular formula is C19H31N5O. The maximum absolute atomic E-state index is 12.6. The number of hydrogen-bond donors (Lipinski definition) is 1. The van der Waals surface area contributed by atoms with E-state index >= 15 is 0 Å². The van der Waals surface area contributed by atoms with Crippen LogP contribution in [-0.4, -0.2) is 64.1 Å². The molecule has 2 aliphatic heterocycles. The lowest BCUT2D eigenvalue weighted by Gasteiger charge is -2.33. The summed E-state index contributed by atoms with van der Waals surface area (Å²) in [5.41, 5.74) is 0. The van der Waals surface area contributed by atoms with Gasteiger partial charge in [0.25, 0.3) is 0 Å². The molecule has 0 aromatic carbocycles. The number of aromatic nitrogens is 2. The zero-order chi connectivity index (χ0) is 17.1. The highest BCUT2D eigenvalue weighted by Gasteiger charge is 2.29. The summed E-state index contributed by atoms with van der Waals surface area (Å²) in [6.07, 6.45) is 14.5. The summed E-state index contributed by atoms with van der Waals surface area (Å²) in [7, 11) is 0. The first kappa shape index (κ1) is 16.9. The van der Waals surface area contributed by atoms with Crippen molar-refractivity contribution < 1.29 is 4.79 Å². The number of urea groups is 1. The van der Waals surface area contributed by atoms with Crippen molar-refractivity contribution in [3.8, 4) is 0 Å². The van der Waals surface area contributed by atoms with Crippen molar-refractivity contribution in [1.29, 1.82) is 0 Å². The molecule has 1 aliphatic carbocycles. The molecule has 25 heavy (non-hydrogen) atoms. The average molecular weight is 345 g/mol. The summed E-state index contributed by atoms with van der Waals surface area (Å²) in [6.45, 7) is 5.10. The van der Waals surface area contributed by atoms with Gasteiger partial charge in [0.05, 0.1) is 6.33 Å². The number of imidazole rings is 1. The molecule has 1 aromatic rings. The summed E-state index contributed by atoms with van der Waals surface area (Å²) < 4.78 is 2.17. The number of nitrogens with zero attached hydrogens (tertiary/aromatic N) is 4. The van der Waals surface area contributed by atoms with Crippen LogP contribution in [-0.2, 0) is 0 Å². The van der Waals surface area contributed by atoms with Gasteiger partial charge in [-0.1, -0.05) is 12.8 Å². The second-order valence-corrected chi connectivity index (χ2v) is 8.07. The third kappa shape index (κ3) is 4.17. The van der Waals surface area contributed by atoms with Crippen molar-refractivity contribution in [3.05, 3.63) is 18.7 Å². The molecule has 0 radical (unpaired) electrons. The molecule has 2 saturated heterocycles. The maximum atomic E-state index is 12.6. The number of hydrogen-bond acceptors (Lipinski definition) is 3. The van der Waals surface area contributed by atoms with E-state index in [4.69, 9.17) is 0 Å². The number of amides is 2. The van der Waals surface area contributed by atoms with E-state index in [0.717, 1.165) is 51.4 Å². The van der Waals surface area contributed by atoms with Crippen LogP contribution in [0.2, 0.25) is 0 Å². The van der Waals surface area contributed by atoms with Crippen LogP contribution >= 0.6 is 0 Å². The Morgan fingerprint density at radius 3 is 2.60 bits per heavy atom. The van der Waals surface area contributed by atoms with Crippen molar-refractivity contribution in [1.82, 2.24) is 24.7 Å². The molecule has 3 fully saturated rings. The lowest BCUT2D eigenvalue weighted by atomic mass is 10.1. The summed E-state index contributed by atoms with van der Waals surface area (Å²) in [5.74, 6) is 0.900. The van der Waals surface area contributed by atoms with E-state index in [9.17, 15) is 4.79 Å². The highest BCUT2D eigenvalue weighted by molar-refractivity contribution is 5.74. The Morgan fingerprint density at radius 1 is 1.08 bits per heavy atom. The number of carbonyl (C=O) groups excluding carboxylic acids is 1. The number of rotatable bonds is 4. The zero-order valence-electron chi connectivity index (χ0n) is 15.1. The molecule has 1 aromatic heterocycles. The predicted molar refractivity (Wildman–Crippen MR) is 97.4 cm³/mol. The fourth-order valence-electron chi connectivity index (χ4n) is 4.79. The van der Waals surface area contributed by atoms with Gasteiger partial charge in [-0.15, -0.1) is 0 Å². The van der Waals surface area contributed by atoms with Crippen molar-refractivity contribution in [2.24, 2.45) is 5.92 Å². The molecule has 2 amide bonds. The molecule has 6 heteroatoms. The Balaban J connectivity index is 1.19. The van der Waals surface area contributed by atoms with Gasteiger partial charge >= 0.3 is 6.03 Å². The smallest absolute Gasteiger partial charge is 0.317 e. The number of carbonyl (C=O) groups is 1. The minimum Gasteiger partial charge on any atom is -0.334 e. The third-order valence-electron chi connectivity index (χ3n) is 6.29. The summed E-state index contributed by atoms with van der Waals surface area (Å²) in [6, 6.07) is 0.956. The van der Waals surface area contributed by atoms with Gasteiger partial charge < -0.3 is 19.7 Å². The molecule has 1 atom stereocenters. The van der Waals surface area contributed by atoms with Gasteiger partial charge in [0.1, 0.15) is 0 Å². The standard InChI is InChI=1S/C19H31N5O/c25-19(23-10-6-18(7-11-23)24-12-8-20-15-24)21-17-5-9-22(14-17)13-16-3-1-2-4-16/h8,12,15-18H,1-7,9-11,13-14H2,(H,21,25)/t17-/m1/s1. The fourth-order valence-corrected chi connectivity index (χ4v) is 4.79. The Labute approximate surface area is 150 Å². The first-order valence-electron chi connectivity index (χ1n) is 10.0. The van der Waals surface area contributed by atoms with Crippen LogP contribution in [0.1, 0.15) is 51.0 Å². The molecule has 6 nitrogen and oxygen atoms in total. The number of likely N-dealkylation sites (tertiary alicyclic amines) is 2. The number of piperidine rings is 1. The molecule has 4 rings (SSSR count). The van der Waals surface area contributed by atoms with Crippen LogP contribution in [0.5, 0.6) is 0 Å². The van der Waals surface area contributed by atoms with Crippen molar-refractivity contribution in [2.75, 3.05) is 32.7 Å². The maximum Gasteiger partial charge on any atom is 0.317 e. The van der Waals surface area contributed by atoms with Crippen LogP contribution in [0, 0.1) is 5.92 Å². The minimum atomic E-state index is 0.136. The van der Waals surface area contributed by atoms with Crippen LogP contribution in [0.3, 0.4) is 0 Å². The van der Waals surface area contributed by atoms with Crippen LogP contribution < -0.4 is 5.32 Å². The van der Waals surface area contributed by atoms with E-state index in [2.05, 4.69) is 19.8 Å². The van der Waals surface area contributed by atoms with Crippen molar-refractivity contribution in [3.63, 3.8) is 0 Å². The summed E-state index contributed by atoms with van der Waals surface area (Å²) >= 11 is 0. The third-order valence-corrected chi connectivity index (χ3v) is 6.29. The van der Waals surface area contributed by atoms with Gasteiger partial charge in [0, 0.05) is 57.2 Å². The first-order valence-corrected chi connectivity index (χ1v) is 10.0. The molecule has 1 saturated carbocycles. The fraction of sp³-hybridized carbons (Fsp3) is 0.789. The Kier molecular flexibility index (Phi) is 5.25. The molecule has 3 heterocycles. The highest BCUT2D eigenvalue weighted by atomic mass is 16.2. The van der Waals surface area contributed by atoms with Gasteiger partial charge in [-0.25, -0.2) is 9.78 Å². The van der Waals surface area contributed by atoms with Crippen LogP contribution in [0.4, 0.5) is 4.79 Å². The number of nitrogens with one attached hydrogen (secondary N) is 1. The lowest BCUT2D eigenvalue weighted by Crippen LogP contribution is -2.48. The SMILES string of the molecule is O=C(N[C@@H]1CCN(CC2CCCC2)C1)N1CCC(n2ccnc2)CC1. The molecule has 0 unspecified atom stereocenters. The van der Waals surface area contributed by atoms with E-state index in [1.54, 1.807) is 0 Å². The van der Waals surface area contributed by atoms with Gasteiger partial charge in [-0.3, -0.25) is 0 Å². The topological polar surface area (TPSA) is 53.4 Å². The quantitative estimate of drug-likeness (QED) is 0.912. The van der Waals surface area contributed by atoms with E-state index in [-0.39, 0.29) is 6.03 Å². The van der Waals surface area contributed by atoms with Crippen LogP contribution in [0.15, 0.2) is 18.7 Å². The average Bonchev–Trinajstić information content (AvgIpc) is 3.38. The van der Waals surface area contributed by atoms with E-state index < -0.39 is 0 Å². The Bertz CT molecular complexity index is 546. The van der Waals surface area contributed by atoms with Crippen molar-refractivity contribution in [2.45, 2.75) is 57.0 Å². The van der Waals surface area contributed by atoms with Gasteiger partial charge in [0.15, 0.2) is 0 Å². The predicted octanol–water partition coefficient (Wildman–Crippen LogP) is 2.49. The summed E-state index contributed by atoms with van der Waals surface area (Å²) in [5, 5.41) is 3.28. The zero-order valence-corrected chi connectivity index (χ0v) is 15.1. The van der Waals surface area contributed by atoms with Gasteiger partial charge in [-0.2, -0.15) is 0 Å². The second-order valence-electron chi connectivity index (χ2n) is 8.07. The molecular weight excluding hydrogens is 314 g/mol. The van der Waals surface area contributed by atoms with Gasteiger partial charge in [0.2, 0.25) is 0 Å². The largest absolute Gasteiger partial charge is 0.334 e. The molecule has 138 valence electrons. The first-order chi connectivity index (χ1) is 12.3. The molecule has 1 N–H and O–H groups in total. The van der Waals surface area contributed by atoms with Crippen molar-refractivity contribution >= 4 is 6.03 Å². The minimum absolute atomic E-state index is 0.136. The molecule has 0 spiro atoms. The van der Waals surface area contributed by atoms with E-state index in [1.165, 1.54) is 32.2 Å². The Hall–Kier alpha value is -1.56.